The number of carbonyl (C=O) groups excluding carboxylic acids is 1. The second-order valence-corrected chi connectivity index (χ2v) is 6.45. The number of benzene rings is 1. The van der Waals surface area contributed by atoms with Gasteiger partial charge in [-0.25, -0.2) is 10.8 Å². The summed E-state index contributed by atoms with van der Waals surface area (Å²) < 4.78 is 0. The lowest BCUT2D eigenvalue weighted by molar-refractivity contribution is 0.0953. The van der Waals surface area contributed by atoms with Crippen LogP contribution in [0.25, 0.3) is 0 Å². The predicted molar refractivity (Wildman–Crippen MR) is 84.7 cm³/mol. The Balaban J connectivity index is 1.89. The standard InChI is InChI=1S/C14H17N3OS2/c1-9-3-10(2)5-11(4-9)6-19-7-12-8-20-14(16-12)13(18)17-15/h3-5,8H,6-7,15H2,1-2H3,(H,17,18). The lowest BCUT2D eigenvalue weighted by Gasteiger charge is -2.04. The van der Waals surface area contributed by atoms with Crippen LogP contribution in [0.4, 0.5) is 0 Å². The maximum atomic E-state index is 11.3. The highest BCUT2D eigenvalue weighted by Crippen LogP contribution is 2.21. The van der Waals surface area contributed by atoms with Crippen molar-refractivity contribution >= 4 is 29.0 Å². The number of thiazole rings is 1. The molecule has 2 aromatic rings. The maximum absolute atomic E-state index is 11.3. The number of hydrazine groups is 1. The Bertz CT molecular complexity index is 590. The smallest absolute Gasteiger partial charge is 0.288 e. The van der Waals surface area contributed by atoms with Crippen LogP contribution < -0.4 is 11.3 Å². The van der Waals surface area contributed by atoms with Crippen molar-refractivity contribution in [1.82, 2.24) is 10.4 Å². The van der Waals surface area contributed by atoms with Crippen LogP contribution >= 0.6 is 23.1 Å². The first kappa shape index (κ1) is 15.0. The summed E-state index contributed by atoms with van der Waals surface area (Å²) in [5.74, 6) is 6.48. The van der Waals surface area contributed by atoms with E-state index < -0.39 is 0 Å². The zero-order valence-corrected chi connectivity index (χ0v) is 13.1. The predicted octanol–water partition coefficient (Wildman–Crippen LogP) is 2.80. The molecule has 20 heavy (non-hydrogen) atoms. The van der Waals surface area contributed by atoms with E-state index in [4.69, 9.17) is 5.84 Å². The van der Waals surface area contributed by atoms with Gasteiger partial charge < -0.3 is 0 Å². The Hall–Kier alpha value is -1.37. The monoisotopic (exact) mass is 307 g/mol. The van der Waals surface area contributed by atoms with Crippen LogP contribution in [0.3, 0.4) is 0 Å². The van der Waals surface area contributed by atoms with Crippen molar-refractivity contribution < 1.29 is 4.79 Å². The van der Waals surface area contributed by atoms with Gasteiger partial charge in [0.25, 0.3) is 5.91 Å². The van der Waals surface area contributed by atoms with Crippen molar-refractivity contribution in [3.05, 3.63) is 51.0 Å². The first-order chi connectivity index (χ1) is 9.58. The van der Waals surface area contributed by atoms with Crippen LogP contribution in [0.1, 0.15) is 32.2 Å². The molecular weight excluding hydrogens is 290 g/mol. The molecule has 0 fully saturated rings. The minimum Gasteiger partial charge on any atom is -0.288 e. The van der Waals surface area contributed by atoms with Crippen LogP contribution in [0.15, 0.2) is 23.6 Å². The second-order valence-electron chi connectivity index (χ2n) is 4.61. The molecule has 2 rings (SSSR count). The quantitative estimate of drug-likeness (QED) is 0.506. The zero-order valence-electron chi connectivity index (χ0n) is 11.5. The lowest BCUT2D eigenvalue weighted by Crippen LogP contribution is -2.29. The van der Waals surface area contributed by atoms with Gasteiger partial charge in [0, 0.05) is 16.9 Å². The van der Waals surface area contributed by atoms with Crippen molar-refractivity contribution in [3.8, 4) is 0 Å². The number of rotatable bonds is 5. The van der Waals surface area contributed by atoms with E-state index in [1.165, 1.54) is 28.0 Å². The SMILES string of the molecule is Cc1cc(C)cc(CSCc2csc(C(=O)NN)n2)c1. The van der Waals surface area contributed by atoms with Gasteiger partial charge in [-0.15, -0.1) is 11.3 Å². The Morgan fingerprint density at radius 3 is 2.65 bits per heavy atom. The van der Waals surface area contributed by atoms with Crippen LogP contribution in [-0.4, -0.2) is 10.9 Å². The summed E-state index contributed by atoms with van der Waals surface area (Å²) >= 11 is 3.11. The molecule has 1 amide bonds. The Labute approximate surface area is 126 Å². The molecule has 0 aliphatic heterocycles. The summed E-state index contributed by atoms with van der Waals surface area (Å²) in [6.45, 7) is 4.22. The third-order valence-corrected chi connectivity index (χ3v) is 4.60. The van der Waals surface area contributed by atoms with E-state index in [1.807, 2.05) is 5.38 Å². The summed E-state index contributed by atoms with van der Waals surface area (Å²) in [5.41, 5.74) is 6.91. The maximum Gasteiger partial charge on any atom is 0.294 e. The summed E-state index contributed by atoms with van der Waals surface area (Å²) in [6.07, 6.45) is 0. The molecule has 0 bridgehead atoms. The highest BCUT2D eigenvalue weighted by Gasteiger charge is 2.09. The highest BCUT2D eigenvalue weighted by atomic mass is 32.2. The van der Waals surface area contributed by atoms with Crippen LogP contribution in [0.2, 0.25) is 0 Å². The molecule has 0 radical (unpaired) electrons. The van der Waals surface area contributed by atoms with Gasteiger partial charge in [-0.1, -0.05) is 29.3 Å². The first-order valence-corrected chi connectivity index (χ1v) is 8.22. The molecule has 0 aliphatic carbocycles. The molecule has 0 saturated heterocycles. The molecule has 0 atom stereocenters. The molecule has 1 heterocycles. The van der Waals surface area contributed by atoms with E-state index in [0.29, 0.717) is 5.01 Å². The Morgan fingerprint density at radius 1 is 1.30 bits per heavy atom. The second kappa shape index (κ2) is 6.88. The number of nitrogens with one attached hydrogen (secondary N) is 1. The van der Waals surface area contributed by atoms with Crippen molar-refractivity contribution in [3.63, 3.8) is 0 Å². The number of thioether (sulfide) groups is 1. The number of nitrogens with two attached hydrogens (primary N) is 1. The topological polar surface area (TPSA) is 68.0 Å². The van der Waals surface area contributed by atoms with Gasteiger partial charge in [-0.2, -0.15) is 11.8 Å². The molecule has 4 nitrogen and oxygen atoms in total. The number of nitrogens with zero attached hydrogens (tertiary/aromatic N) is 1. The minimum atomic E-state index is -0.333. The van der Waals surface area contributed by atoms with Crippen LogP contribution in [0.5, 0.6) is 0 Å². The summed E-state index contributed by atoms with van der Waals surface area (Å²) in [6, 6.07) is 6.58. The van der Waals surface area contributed by atoms with E-state index >= 15 is 0 Å². The average molecular weight is 307 g/mol. The van der Waals surface area contributed by atoms with Gasteiger partial charge in [-0.3, -0.25) is 10.2 Å². The van der Waals surface area contributed by atoms with Gasteiger partial charge in [0.15, 0.2) is 5.01 Å². The molecule has 0 spiro atoms. The van der Waals surface area contributed by atoms with Crippen molar-refractivity contribution in [1.29, 1.82) is 0 Å². The molecule has 6 heteroatoms. The van der Waals surface area contributed by atoms with Crippen molar-refractivity contribution in [2.75, 3.05) is 0 Å². The molecule has 1 aromatic carbocycles. The lowest BCUT2D eigenvalue weighted by atomic mass is 10.1. The van der Waals surface area contributed by atoms with E-state index in [0.717, 1.165) is 17.2 Å². The number of aryl methyl sites for hydroxylation is 2. The number of hydrogen-bond donors (Lipinski definition) is 2. The summed E-state index contributed by atoms with van der Waals surface area (Å²) in [7, 11) is 0. The number of amides is 1. The summed E-state index contributed by atoms with van der Waals surface area (Å²) in [4.78, 5) is 15.6. The third kappa shape index (κ3) is 4.06. The van der Waals surface area contributed by atoms with Gasteiger partial charge in [-0.05, 0) is 19.4 Å². The van der Waals surface area contributed by atoms with E-state index in [1.54, 1.807) is 11.8 Å². The largest absolute Gasteiger partial charge is 0.294 e. The van der Waals surface area contributed by atoms with Crippen molar-refractivity contribution in [2.45, 2.75) is 25.4 Å². The number of carbonyl (C=O) groups is 1. The fourth-order valence-corrected chi connectivity index (χ4v) is 3.65. The van der Waals surface area contributed by atoms with E-state index in [9.17, 15) is 4.79 Å². The normalized spacial score (nSPS) is 10.6. The van der Waals surface area contributed by atoms with Gasteiger partial charge in [0.2, 0.25) is 0 Å². The molecule has 1 aromatic heterocycles. The number of aromatic nitrogens is 1. The minimum absolute atomic E-state index is 0.333. The molecule has 0 unspecified atom stereocenters. The summed E-state index contributed by atoms with van der Waals surface area (Å²) in [5, 5.41) is 2.31. The molecule has 0 saturated carbocycles. The molecule has 3 N–H and O–H groups in total. The van der Waals surface area contributed by atoms with Gasteiger partial charge in [0.1, 0.15) is 0 Å². The fourth-order valence-electron chi connectivity index (χ4n) is 1.97. The zero-order chi connectivity index (χ0) is 14.5. The highest BCUT2D eigenvalue weighted by molar-refractivity contribution is 7.97. The third-order valence-electron chi connectivity index (χ3n) is 2.68. The van der Waals surface area contributed by atoms with Crippen LogP contribution in [-0.2, 0) is 11.5 Å². The Morgan fingerprint density at radius 2 is 2.00 bits per heavy atom. The van der Waals surface area contributed by atoms with Crippen LogP contribution in [0, 0.1) is 13.8 Å². The van der Waals surface area contributed by atoms with E-state index in [2.05, 4.69) is 42.5 Å². The number of hydrogen-bond acceptors (Lipinski definition) is 5. The number of nitrogen functional groups attached to an aromatic ring is 1. The van der Waals surface area contributed by atoms with Gasteiger partial charge >= 0.3 is 0 Å². The van der Waals surface area contributed by atoms with Gasteiger partial charge in [0.05, 0.1) is 5.69 Å². The molecular formula is C14H17N3OS2. The molecule has 106 valence electrons. The van der Waals surface area contributed by atoms with Crippen molar-refractivity contribution in [2.24, 2.45) is 5.84 Å². The average Bonchev–Trinajstić information content (AvgIpc) is 2.85. The fraction of sp³-hybridized carbons (Fsp3) is 0.286. The molecule has 0 aliphatic rings. The van der Waals surface area contributed by atoms with E-state index in [-0.39, 0.29) is 5.91 Å². The Kier molecular flexibility index (Phi) is 5.17. The first-order valence-electron chi connectivity index (χ1n) is 6.19.